The molecule has 58 heavy (non-hydrogen) atoms. The van der Waals surface area contributed by atoms with Crippen molar-refractivity contribution in [3.63, 3.8) is 0 Å². The van der Waals surface area contributed by atoms with Crippen molar-refractivity contribution in [1.82, 2.24) is 0 Å². The molecule has 1 radical (unpaired) electrons. The minimum atomic E-state index is 0. The van der Waals surface area contributed by atoms with Gasteiger partial charge in [-0.1, -0.05) is 341 Å². The summed E-state index contributed by atoms with van der Waals surface area (Å²) in [7, 11) is 0. The van der Waals surface area contributed by atoms with Crippen LogP contribution in [0.2, 0.25) is 0 Å². The van der Waals surface area contributed by atoms with E-state index in [-0.39, 0.29) is 17.4 Å². The van der Waals surface area contributed by atoms with Crippen molar-refractivity contribution in [2.24, 2.45) is 0 Å². The van der Waals surface area contributed by atoms with E-state index in [9.17, 15) is 0 Å². The normalized spacial score (nSPS) is 9.93. The molecule has 279 valence electrons. The molecular formula is C57H45Cr. The van der Waals surface area contributed by atoms with Crippen LogP contribution in [0.15, 0.2) is 273 Å². The molecule has 0 spiro atoms. The van der Waals surface area contributed by atoms with Gasteiger partial charge in [-0.25, -0.2) is 0 Å². The minimum absolute atomic E-state index is 0. The first-order valence-electron chi connectivity index (χ1n) is 19.4. The molecule has 9 rings (SSSR count). The van der Waals surface area contributed by atoms with Crippen molar-refractivity contribution in [3.05, 3.63) is 341 Å². The zero-order chi connectivity index (χ0) is 38.7. The Morgan fingerprint density at radius 1 is 0.138 bits per heavy atom. The van der Waals surface area contributed by atoms with Crippen LogP contribution in [0.3, 0.4) is 0 Å². The second-order valence-electron chi connectivity index (χ2n) is 13.4. The molecule has 0 bridgehead atoms. The predicted molar refractivity (Wildman–Crippen MR) is 240 cm³/mol. The second-order valence-corrected chi connectivity index (χ2v) is 13.4. The molecule has 0 aliphatic heterocycles. The van der Waals surface area contributed by atoms with Crippen LogP contribution in [-0.4, -0.2) is 0 Å². The molecule has 0 N–H and O–H groups in total. The Labute approximate surface area is 356 Å². The summed E-state index contributed by atoms with van der Waals surface area (Å²) in [5, 5.41) is 0. The molecule has 0 unspecified atom stereocenters. The zero-order valence-corrected chi connectivity index (χ0v) is 33.7. The zero-order valence-electron chi connectivity index (χ0n) is 32.4. The fourth-order valence-electron chi connectivity index (χ4n) is 6.94. The Bertz CT molecular complexity index is 1840. The van der Waals surface area contributed by atoms with Gasteiger partial charge < -0.3 is 0 Å². The Balaban J connectivity index is 0.000000145. The standard InChI is InChI=1S/3C19H15.Cr/c3*1-4-10-16(11-5-1)19(17-12-6-2-7-13-17)18-14-8-3-9-15-18;/h3*1-15H;/q3*-1;+3. The average Bonchev–Trinajstić information content (AvgIpc) is 3.30. The maximum atomic E-state index is 2.16. The molecule has 1 heteroatoms. The number of benzene rings is 9. The minimum Gasteiger partial charge on any atom is -0.0999 e. The quantitative estimate of drug-likeness (QED) is 0.101. The Kier molecular flexibility index (Phi) is 15.5. The van der Waals surface area contributed by atoms with Crippen molar-refractivity contribution in [3.8, 4) is 0 Å². The fourth-order valence-corrected chi connectivity index (χ4v) is 6.94. The monoisotopic (exact) mass is 781 g/mol. The van der Waals surface area contributed by atoms with E-state index in [1.54, 1.807) is 0 Å². The number of hydrogen-bond acceptors (Lipinski definition) is 0. The Hall–Kier alpha value is -6.88. The third kappa shape index (κ3) is 11.1. The van der Waals surface area contributed by atoms with E-state index in [0.717, 1.165) is 0 Å². The van der Waals surface area contributed by atoms with E-state index in [1.807, 2.05) is 0 Å². The van der Waals surface area contributed by atoms with Gasteiger partial charge in [0.1, 0.15) is 0 Å². The largest absolute Gasteiger partial charge is 3.00 e. The van der Waals surface area contributed by atoms with Gasteiger partial charge in [0.2, 0.25) is 0 Å². The van der Waals surface area contributed by atoms with Gasteiger partial charge in [-0.05, 0) is 0 Å². The van der Waals surface area contributed by atoms with E-state index in [4.69, 9.17) is 0 Å². The van der Waals surface area contributed by atoms with Gasteiger partial charge in [0.05, 0.1) is 0 Å². The molecule has 0 fully saturated rings. The Morgan fingerprint density at radius 3 is 0.310 bits per heavy atom. The molecule has 0 saturated carbocycles. The number of rotatable bonds is 9. The molecular weight excluding hydrogens is 737 g/mol. The predicted octanol–water partition coefficient (Wildman–Crippen LogP) is 14.1. The smallest absolute Gasteiger partial charge is 0.0999 e. The van der Waals surface area contributed by atoms with Gasteiger partial charge in [-0.3, -0.25) is 0 Å². The van der Waals surface area contributed by atoms with Gasteiger partial charge in [0.25, 0.3) is 0 Å². The van der Waals surface area contributed by atoms with Crippen LogP contribution in [0.25, 0.3) is 0 Å². The van der Waals surface area contributed by atoms with Gasteiger partial charge in [-0.15, -0.1) is 0 Å². The van der Waals surface area contributed by atoms with Crippen LogP contribution >= 0.6 is 0 Å². The maximum Gasteiger partial charge on any atom is 3.00 e. The summed E-state index contributed by atoms with van der Waals surface area (Å²) in [4.78, 5) is 0. The molecule has 9 aromatic rings. The summed E-state index contributed by atoms with van der Waals surface area (Å²) in [6, 6.07) is 94.9. The molecule has 0 nitrogen and oxygen atoms in total. The first-order valence-corrected chi connectivity index (χ1v) is 19.4. The molecule has 0 aromatic heterocycles. The molecule has 0 aliphatic carbocycles. The third-order valence-electron chi connectivity index (χ3n) is 9.56. The van der Waals surface area contributed by atoms with Crippen molar-refractivity contribution in [2.45, 2.75) is 0 Å². The molecule has 0 amide bonds. The average molecular weight is 782 g/mol. The van der Waals surface area contributed by atoms with Crippen LogP contribution in [0.4, 0.5) is 0 Å². The Morgan fingerprint density at radius 2 is 0.224 bits per heavy atom. The van der Waals surface area contributed by atoms with E-state index >= 15 is 0 Å². The first kappa shape index (κ1) is 40.8. The van der Waals surface area contributed by atoms with E-state index in [0.29, 0.717) is 0 Å². The summed E-state index contributed by atoms with van der Waals surface area (Å²) < 4.78 is 0. The van der Waals surface area contributed by atoms with Crippen LogP contribution in [0, 0.1) is 17.8 Å². The van der Waals surface area contributed by atoms with Gasteiger partial charge in [0.15, 0.2) is 0 Å². The van der Waals surface area contributed by atoms with Crippen molar-refractivity contribution in [2.75, 3.05) is 0 Å². The van der Waals surface area contributed by atoms with Gasteiger partial charge in [0, 0.05) is 0 Å². The summed E-state index contributed by atoms with van der Waals surface area (Å²) in [5.74, 6) is 3.84. The van der Waals surface area contributed by atoms with E-state index in [1.165, 1.54) is 67.8 Å². The molecule has 0 aliphatic rings. The maximum absolute atomic E-state index is 2.16. The van der Waals surface area contributed by atoms with E-state index in [2.05, 4.69) is 273 Å². The van der Waals surface area contributed by atoms with Crippen LogP contribution in [0.5, 0.6) is 0 Å². The third-order valence-corrected chi connectivity index (χ3v) is 9.56. The summed E-state index contributed by atoms with van der Waals surface area (Å²) in [6.45, 7) is 0. The van der Waals surface area contributed by atoms with Crippen LogP contribution < -0.4 is 0 Å². The molecule has 0 saturated heterocycles. The topological polar surface area (TPSA) is 0 Å². The van der Waals surface area contributed by atoms with Crippen LogP contribution in [0.1, 0.15) is 50.1 Å². The van der Waals surface area contributed by atoms with Crippen molar-refractivity contribution < 1.29 is 17.4 Å². The van der Waals surface area contributed by atoms with Crippen molar-refractivity contribution >= 4 is 0 Å². The molecule has 9 aromatic carbocycles. The number of hydrogen-bond donors (Lipinski definition) is 0. The summed E-state index contributed by atoms with van der Waals surface area (Å²) >= 11 is 0. The summed E-state index contributed by atoms with van der Waals surface area (Å²) in [6.07, 6.45) is 0. The van der Waals surface area contributed by atoms with Crippen molar-refractivity contribution in [1.29, 1.82) is 0 Å². The van der Waals surface area contributed by atoms with Gasteiger partial charge in [-0.2, -0.15) is 0 Å². The SMILES string of the molecule is [Cr+3].c1ccc([C-](c2ccccc2)c2ccccc2)cc1.c1ccc([C-](c2ccccc2)c2ccccc2)cc1.c1ccc([C-](c2ccccc2)c2ccccc2)cc1. The molecule has 0 atom stereocenters. The van der Waals surface area contributed by atoms with Crippen LogP contribution in [-0.2, 0) is 17.4 Å². The second kappa shape index (κ2) is 22.0. The molecule has 0 heterocycles. The fraction of sp³-hybridized carbons (Fsp3) is 0. The van der Waals surface area contributed by atoms with Gasteiger partial charge >= 0.3 is 17.4 Å². The first-order chi connectivity index (χ1) is 28.3. The summed E-state index contributed by atoms with van der Waals surface area (Å²) in [5.41, 5.74) is 11.2. The van der Waals surface area contributed by atoms with E-state index < -0.39 is 0 Å².